The lowest BCUT2D eigenvalue weighted by Gasteiger charge is -2.25. The molecule has 0 spiro atoms. The van der Waals surface area contributed by atoms with Crippen LogP contribution in [0, 0.1) is 10.1 Å². The van der Waals surface area contributed by atoms with Crippen molar-refractivity contribution in [3.63, 3.8) is 0 Å². The van der Waals surface area contributed by atoms with Gasteiger partial charge in [0.2, 0.25) is 5.91 Å². The third-order valence-corrected chi connectivity index (χ3v) is 4.43. The van der Waals surface area contributed by atoms with E-state index in [0.717, 1.165) is 18.5 Å². The number of nitro groups is 1. The molecule has 0 bridgehead atoms. The van der Waals surface area contributed by atoms with Crippen LogP contribution in [-0.2, 0) is 11.8 Å². The molecule has 1 amide bonds. The van der Waals surface area contributed by atoms with Crippen molar-refractivity contribution in [2.24, 2.45) is 7.05 Å². The Labute approximate surface area is 140 Å². The zero-order chi connectivity index (χ0) is 17.1. The van der Waals surface area contributed by atoms with Crippen molar-refractivity contribution in [1.82, 2.24) is 9.47 Å². The van der Waals surface area contributed by atoms with Gasteiger partial charge in [0.25, 0.3) is 5.69 Å². The molecule has 1 aromatic carbocycles. The average Bonchev–Trinajstić information content (AvgIpc) is 3.21. The second-order valence-corrected chi connectivity index (χ2v) is 5.92. The van der Waals surface area contributed by atoms with Crippen molar-refractivity contribution in [3.05, 3.63) is 58.4 Å². The number of benzene rings is 1. The Morgan fingerprint density at radius 2 is 2.12 bits per heavy atom. The van der Waals surface area contributed by atoms with E-state index in [4.69, 9.17) is 0 Å². The molecular weight excluding hydrogens is 308 g/mol. The Balaban J connectivity index is 1.69. The molecule has 1 aliphatic rings. The first-order valence-electron chi connectivity index (χ1n) is 7.96. The van der Waals surface area contributed by atoms with Crippen molar-refractivity contribution in [1.29, 1.82) is 0 Å². The number of likely N-dealkylation sites (tertiary alicyclic amines) is 1. The van der Waals surface area contributed by atoms with Gasteiger partial charge < -0.3 is 14.8 Å². The molecule has 1 N–H and O–H groups in total. The van der Waals surface area contributed by atoms with Gasteiger partial charge in [-0.05, 0) is 31.0 Å². The van der Waals surface area contributed by atoms with Gasteiger partial charge in [-0.15, -0.1) is 0 Å². The number of amides is 1. The molecule has 24 heavy (non-hydrogen) atoms. The van der Waals surface area contributed by atoms with Crippen molar-refractivity contribution < 1.29 is 9.72 Å². The predicted octanol–water partition coefficient (Wildman–Crippen LogP) is 2.71. The molecule has 3 rings (SSSR count). The Morgan fingerprint density at radius 3 is 2.83 bits per heavy atom. The zero-order valence-electron chi connectivity index (χ0n) is 13.5. The number of hydrogen-bond acceptors (Lipinski definition) is 4. The summed E-state index contributed by atoms with van der Waals surface area (Å²) >= 11 is 0. The maximum Gasteiger partial charge on any atom is 0.292 e. The van der Waals surface area contributed by atoms with Gasteiger partial charge in [-0.3, -0.25) is 14.9 Å². The van der Waals surface area contributed by atoms with Crippen LogP contribution < -0.4 is 5.32 Å². The third-order valence-electron chi connectivity index (χ3n) is 4.43. The van der Waals surface area contributed by atoms with Crippen LogP contribution in [0.5, 0.6) is 0 Å². The number of aromatic nitrogens is 1. The predicted molar refractivity (Wildman–Crippen MR) is 90.7 cm³/mol. The van der Waals surface area contributed by atoms with E-state index in [9.17, 15) is 14.9 Å². The third kappa shape index (κ3) is 3.10. The lowest BCUT2D eigenvalue weighted by atomic mass is 10.1. The van der Waals surface area contributed by atoms with Gasteiger partial charge in [-0.2, -0.15) is 0 Å². The molecule has 7 nitrogen and oxygen atoms in total. The first-order valence-corrected chi connectivity index (χ1v) is 7.96. The molecule has 0 aliphatic carbocycles. The van der Waals surface area contributed by atoms with Crippen LogP contribution in [0.4, 0.5) is 11.4 Å². The summed E-state index contributed by atoms with van der Waals surface area (Å²) in [5.74, 6) is -0.0446. The van der Waals surface area contributed by atoms with E-state index in [2.05, 4.69) is 5.32 Å². The van der Waals surface area contributed by atoms with Crippen LogP contribution in [0.25, 0.3) is 0 Å². The first kappa shape index (κ1) is 16.0. The van der Waals surface area contributed by atoms with Gasteiger partial charge in [0.05, 0.1) is 17.5 Å². The van der Waals surface area contributed by atoms with Gasteiger partial charge in [-0.1, -0.05) is 12.1 Å². The summed E-state index contributed by atoms with van der Waals surface area (Å²) in [4.78, 5) is 25.0. The number of anilines is 1. The fraction of sp³-hybridized carbons (Fsp3) is 0.353. The quantitative estimate of drug-likeness (QED) is 0.676. The topological polar surface area (TPSA) is 80.4 Å². The minimum absolute atomic E-state index is 0.0225. The Kier molecular flexibility index (Phi) is 4.50. The van der Waals surface area contributed by atoms with Gasteiger partial charge >= 0.3 is 0 Å². The first-order chi connectivity index (χ1) is 11.6. The van der Waals surface area contributed by atoms with E-state index < -0.39 is 4.92 Å². The van der Waals surface area contributed by atoms with Gasteiger partial charge in [-0.25, -0.2) is 0 Å². The van der Waals surface area contributed by atoms with Crippen molar-refractivity contribution in [3.8, 4) is 0 Å². The summed E-state index contributed by atoms with van der Waals surface area (Å²) < 4.78 is 2.03. The molecule has 1 saturated heterocycles. The fourth-order valence-electron chi connectivity index (χ4n) is 3.25. The lowest BCUT2D eigenvalue weighted by molar-refractivity contribution is -0.383. The van der Waals surface area contributed by atoms with E-state index in [-0.39, 0.29) is 24.2 Å². The van der Waals surface area contributed by atoms with Gasteiger partial charge in [0, 0.05) is 31.5 Å². The summed E-state index contributed by atoms with van der Waals surface area (Å²) in [6.07, 6.45) is 3.88. The number of carbonyl (C=O) groups is 1. The van der Waals surface area contributed by atoms with Crippen LogP contribution >= 0.6 is 0 Å². The van der Waals surface area contributed by atoms with E-state index in [0.29, 0.717) is 12.2 Å². The number of hydrogen-bond donors (Lipinski definition) is 1. The highest BCUT2D eigenvalue weighted by Gasteiger charge is 2.31. The minimum atomic E-state index is -0.449. The molecule has 2 aromatic rings. The van der Waals surface area contributed by atoms with Crippen LogP contribution in [0.1, 0.15) is 24.6 Å². The van der Waals surface area contributed by atoms with Crippen molar-refractivity contribution >= 4 is 17.3 Å². The Hall–Kier alpha value is -2.83. The molecule has 2 heterocycles. The van der Waals surface area contributed by atoms with Crippen LogP contribution in [-0.4, -0.2) is 33.4 Å². The summed E-state index contributed by atoms with van der Waals surface area (Å²) in [5, 5.41) is 13.9. The number of nitro benzene ring substituents is 1. The van der Waals surface area contributed by atoms with E-state index in [1.165, 1.54) is 6.07 Å². The summed E-state index contributed by atoms with van der Waals surface area (Å²) in [5.41, 5.74) is 1.46. The number of para-hydroxylation sites is 2. The number of rotatable bonds is 5. The molecule has 1 fully saturated rings. The number of nitrogens with one attached hydrogen (secondary N) is 1. The summed E-state index contributed by atoms with van der Waals surface area (Å²) in [6.45, 7) is 0.763. The van der Waals surface area contributed by atoms with Crippen molar-refractivity contribution in [2.75, 3.05) is 18.4 Å². The monoisotopic (exact) mass is 328 g/mol. The average molecular weight is 328 g/mol. The SMILES string of the molecule is Cn1cccc1[C@H]1CCCN1C(=O)CNc1ccccc1[N+](=O)[O-]. The molecule has 126 valence electrons. The maximum atomic E-state index is 12.6. The smallest absolute Gasteiger partial charge is 0.292 e. The minimum Gasteiger partial charge on any atom is -0.371 e. The molecule has 0 saturated carbocycles. The largest absolute Gasteiger partial charge is 0.371 e. The molecule has 1 atom stereocenters. The number of aryl methyl sites for hydroxylation is 1. The Bertz CT molecular complexity index is 756. The van der Waals surface area contributed by atoms with Gasteiger partial charge in [0.1, 0.15) is 5.69 Å². The highest BCUT2D eigenvalue weighted by molar-refractivity contribution is 5.82. The van der Waals surface area contributed by atoms with E-state index in [1.807, 2.05) is 34.8 Å². The zero-order valence-corrected chi connectivity index (χ0v) is 13.5. The standard InChI is InChI=1S/C17H20N4O3/c1-19-10-4-8-15(19)16-9-5-11-20(16)17(22)12-18-13-6-2-3-7-14(13)21(23)24/h2-4,6-8,10,16,18H,5,9,11-12H2,1H3/t16-/m1/s1. The molecule has 0 radical (unpaired) electrons. The lowest BCUT2D eigenvalue weighted by Crippen LogP contribution is -2.35. The highest BCUT2D eigenvalue weighted by atomic mass is 16.6. The maximum absolute atomic E-state index is 12.6. The second kappa shape index (κ2) is 6.74. The van der Waals surface area contributed by atoms with Crippen molar-refractivity contribution in [2.45, 2.75) is 18.9 Å². The number of nitrogens with zero attached hydrogens (tertiary/aromatic N) is 3. The molecule has 1 aliphatic heterocycles. The second-order valence-electron chi connectivity index (χ2n) is 5.92. The number of carbonyl (C=O) groups excluding carboxylic acids is 1. The normalized spacial score (nSPS) is 17.0. The van der Waals surface area contributed by atoms with E-state index in [1.54, 1.807) is 18.2 Å². The molecular formula is C17H20N4O3. The molecule has 1 aromatic heterocycles. The fourth-order valence-corrected chi connectivity index (χ4v) is 3.25. The molecule has 7 heteroatoms. The van der Waals surface area contributed by atoms with Gasteiger partial charge in [0.15, 0.2) is 0 Å². The highest BCUT2D eigenvalue weighted by Crippen LogP contribution is 2.32. The van der Waals surface area contributed by atoms with E-state index >= 15 is 0 Å². The summed E-state index contributed by atoms with van der Waals surface area (Å²) in [7, 11) is 1.97. The summed E-state index contributed by atoms with van der Waals surface area (Å²) in [6, 6.07) is 10.4. The van der Waals surface area contributed by atoms with Crippen LogP contribution in [0.3, 0.4) is 0 Å². The molecule has 0 unspecified atom stereocenters. The Morgan fingerprint density at radius 1 is 1.33 bits per heavy atom. The van der Waals surface area contributed by atoms with Crippen LogP contribution in [0.15, 0.2) is 42.6 Å². The van der Waals surface area contributed by atoms with Crippen LogP contribution in [0.2, 0.25) is 0 Å².